The summed E-state index contributed by atoms with van der Waals surface area (Å²) in [5, 5.41) is 11.9. The molecule has 0 fully saturated rings. The Balaban J connectivity index is 4.44. The highest BCUT2D eigenvalue weighted by Crippen LogP contribution is 2.14. The summed E-state index contributed by atoms with van der Waals surface area (Å²) in [5.41, 5.74) is 1.74. The maximum atomic E-state index is 11.3. The molecule has 92 valence electrons. The molecule has 0 saturated carbocycles. The minimum absolute atomic E-state index is 0.0843. The van der Waals surface area contributed by atoms with Gasteiger partial charge in [0.15, 0.2) is 0 Å². The van der Waals surface area contributed by atoms with Crippen LogP contribution >= 0.6 is 0 Å². The zero-order valence-electron chi connectivity index (χ0n) is 10.5. The molecule has 0 aromatic heterocycles. The number of carbonyl (C=O) groups is 1. The maximum Gasteiger partial charge on any atom is 0.306 e. The van der Waals surface area contributed by atoms with Crippen molar-refractivity contribution in [1.82, 2.24) is 0 Å². The minimum atomic E-state index is -0.252. The highest BCUT2D eigenvalue weighted by atomic mass is 16.5. The van der Waals surface area contributed by atoms with Crippen molar-refractivity contribution in [2.75, 3.05) is 6.61 Å². The number of nitrogens with zero attached hydrogens (tertiary/aromatic N) is 1. The summed E-state index contributed by atoms with van der Waals surface area (Å²) in [6, 6.07) is 0. The van der Waals surface area contributed by atoms with Gasteiger partial charge in [0.05, 0.1) is 18.7 Å². The fourth-order valence-electron chi connectivity index (χ4n) is 1.28. The maximum absolute atomic E-state index is 11.3. The lowest BCUT2D eigenvalue weighted by molar-refractivity contribution is -0.143. The summed E-state index contributed by atoms with van der Waals surface area (Å²) in [6.45, 7) is 7.85. The number of esters is 1. The SMILES string of the molecule is CCOC(=O)CC(CC=C(C)C)C(C)=NO. The number of hydrogen-bond acceptors (Lipinski definition) is 4. The Bertz CT molecular complexity index is 278. The van der Waals surface area contributed by atoms with Crippen LogP contribution in [0.2, 0.25) is 0 Å². The molecule has 0 amide bonds. The summed E-state index contributed by atoms with van der Waals surface area (Å²) >= 11 is 0. The molecule has 4 heteroatoms. The molecule has 4 nitrogen and oxygen atoms in total. The van der Waals surface area contributed by atoms with Gasteiger partial charge in [-0.2, -0.15) is 0 Å². The van der Waals surface area contributed by atoms with Gasteiger partial charge in [-0.3, -0.25) is 4.79 Å². The average Bonchev–Trinajstić information content (AvgIpc) is 2.23. The van der Waals surface area contributed by atoms with Crippen LogP contribution < -0.4 is 0 Å². The Kier molecular flexibility index (Phi) is 7.25. The molecule has 1 unspecified atom stereocenters. The van der Waals surface area contributed by atoms with Crippen molar-refractivity contribution in [2.24, 2.45) is 11.1 Å². The van der Waals surface area contributed by atoms with E-state index in [0.29, 0.717) is 18.7 Å². The zero-order chi connectivity index (χ0) is 12.6. The van der Waals surface area contributed by atoms with Crippen LogP contribution in [-0.2, 0) is 9.53 Å². The van der Waals surface area contributed by atoms with Crippen molar-refractivity contribution < 1.29 is 14.7 Å². The molecule has 0 aliphatic rings. The van der Waals surface area contributed by atoms with E-state index in [-0.39, 0.29) is 18.3 Å². The van der Waals surface area contributed by atoms with Crippen LogP contribution in [0.1, 0.15) is 40.5 Å². The van der Waals surface area contributed by atoms with Crippen molar-refractivity contribution in [3.63, 3.8) is 0 Å². The molecule has 1 N–H and O–H groups in total. The van der Waals surface area contributed by atoms with Gasteiger partial charge in [-0.05, 0) is 34.1 Å². The van der Waals surface area contributed by atoms with E-state index < -0.39 is 0 Å². The Hall–Kier alpha value is -1.32. The first kappa shape index (κ1) is 14.7. The molecule has 0 spiro atoms. The molecule has 0 bridgehead atoms. The average molecular weight is 227 g/mol. The summed E-state index contributed by atoms with van der Waals surface area (Å²) in [6.07, 6.45) is 2.98. The molecule has 16 heavy (non-hydrogen) atoms. The quantitative estimate of drug-likeness (QED) is 0.249. The van der Waals surface area contributed by atoms with Crippen LogP contribution in [0.3, 0.4) is 0 Å². The van der Waals surface area contributed by atoms with E-state index >= 15 is 0 Å². The van der Waals surface area contributed by atoms with Crippen LogP contribution in [0.4, 0.5) is 0 Å². The minimum Gasteiger partial charge on any atom is -0.466 e. The van der Waals surface area contributed by atoms with Crippen LogP contribution in [0.5, 0.6) is 0 Å². The second kappa shape index (κ2) is 7.91. The zero-order valence-corrected chi connectivity index (χ0v) is 10.5. The van der Waals surface area contributed by atoms with Crippen LogP contribution in [0, 0.1) is 5.92 Å². The standard InChI is InChI=1S/C12H21NO3/c1-5-16-12(14)8-11(10(4)13-15)7-6-9(2)3/h6,11,15H,5,7-8H2,1-4H3. The summed E-state index contributed by atoms with van der Waals surface area (Å²) in [7, 11) is 0. The second-order valence-electron chi connectivity index (χ2n) is 3.96. The van der Waals surface area contributed by atoms with Gasteiger partial charge < -0.3 is 9.94 Å². The van der Waals surface area contributed by atoms with Crippen LogP contribution in [0.25, 0.3) is 0 Å². The molecule has 1 atom stereocenters. The number of ether oxygens (including phenoxy) is 1. The van der Waals surface area contributed by atoms with Crippen molar-refractivity contribution in [2.45, 2.75) is 40.5 Å². The molecular weight excluding hydrogens is 206 g/mol. The highest BCUT2D eigenvalue weighted by molar-refractivity contribution is 5.87. The Morgan fingerprint density at radius 2 is 2.06 bits per heavy atom. The Labute approximate surface area is 97.0 Å². The smallest absolute Gasteiger partial charge is 0.306 e. The molecular formula is C12H21NO3. The van der Waals surface area contributed by atoms with Gasteiger partial charge >= 0.3 is 5.97 Å². The Morgan fingerprint density at radius 1 is 1.44 bits per heavy atom. The van der Waals surface area contributed by atoms with E-state index in [9.17, 15) is 4.79 Å². The highest BCUT2D eigenvalue weighted by Gasteiger charge is 2.17. The number of allylic oxidation sites excluding steroid dienone is 2. The van der Waals surface area contributed by atoms with Crippen molar-refractivity contribution >= 4 is 11.7 Å². The third kappa shape index (κ3) is 6.22. The third-order valence-corrected chi connectivity index (χ3v) is 2.28. The molecule has 0 aliphatic heterocycles. The number of carbonyl (C=O) groups excluding carboxylic acids is 1. The first-order valence-corrected chi connectivity index (χ1v) is 5.48. The normalized spacial score (nSPS) is 13.1. The summed E-state index contributed by atoms with van der Waals surface area (Å²) in [4.78, 5) is 11.3. The predicted molar refractivity (Wildman–Crippen MR) is 63.7 cm³/mol. The van der Waals surface area contributed by atoms with Crippen molar-refractivity contribution in [3.05, 3.63) is 11.6 Å². The summed E-state index contributed by atoms with van der Waals surface area (Å²) < 4.78 is 4.88. The fourth-order valence-corrected chi connectivity index (χ4v) is 1.28. The molecule has 0 aliphatic carbocycles. The van der Waals surface area contributed by atoms with E-state index in [4.69, 9.17) is 9.94 Å². The van der Waals surface area contributed by atoms with Gasteiger partial charge in [0.25, 0.3) is 0 Å². The van der Waals surface area contributed by atoms with Gasteiger partial charge in [0, 0.05) is 5.92 Å². The van der Waals surface area contributed by atoms with E-state index in [2.05, 4.69) is 5.16 Å². The van der Waals surface area contributed by atoms with Gasteiger partial charge in [0.1, 0.15) is 0 Å². The Morgan fingerprint density at radius 3 is 2.50 bits per heavy atom. The largest absolute Gasteiger partial charge is 0.466 e. The predicted octanol–water partition coefficient (Wildman–Crippen LogP) is 2.76. The lowest BCUT2D eigenvalue weighted by Crippen LogP contribution is -2.17. The van der Waals surface area contributed by atoms with E-state index in [0.717, 1.165) is 0 Å². The van der Waals surface area contributed by atoms with Crippen molar-refractivity contribution in [3.8, 4) is 0 Å². The molecule has 0 aromatic rings. The van der Waals surface area contributed by atoms with E-state index in [1.807, 2.05) is 19.9 Å². The van der Waals surface area contributed by atoms with Crippen molar-refractivity contribution in [1.29, 1.82) is 0 Å². The number of hydrogen-bond donors (Lipinski definition) is 1. The molecule has 0 rings (SSSR count). The topological polar surface area (TPSA) is 58.9 Å². The third-order valence-electron chi connectivity index (χ3n) is 2.28. The van der Waals surface area contributed by atoms with Crippen LogP contribution in [0.15, 0.2) is 16.8 Å². The van der Waals surface area contributed by atoms with Gasteiger partial charge in [-0.15, -0.1) is 0 Å². The van der Waals surface area contributed by atoms with E-state index in [1.165, 1.54) is 5.57 Å². The lowest BCUT2D eigenvalue weighted by Gasteiger charge is -2.13. The number of oxime groups is 1. The number of rotatable bonds is 6. The van der Waals surface area contributed by atoms with Gasteiger partial charge in [-0.25, -0.2) is 0 Å². The summed E-state index contributed by atoms with van der Waals surface area (Å²) in [5.74, 6) is -0.336. The molecule has 0 aromatic carbocycles. The van der Waals surface area contributed by atoms with Gasteiger partial charge in [-0.1, -0.05) is 16.8 Å². The molecule has 0 radical (unpaired) electrons. The molecule has 0 heterocycles. The first-order valence-electron chi connectivity index (χ1n) is 5.48. The monoisotopic (exact) mass is 227 g/mol. The van der Waals surface area contributed by atoms with Gasteiger partial charge in [0.2, 0.25) is 0 Å². The lowest BCUT2D eigenvalue weighted by atomic mass is 9.95. The van der Waals surface area contributed by atoms with E-state index in [1.54, 1.807) is 13.8 Å². The first-order chi connectivity index (χ1) is 7.51. The second-order valence-corrected chi connectivity index (χ2v) is 3.96. The molecule has 0 saturated heterocycles. The fraction of sp³-hybridized carbons (Fsp3) is 0.667. The van der Waals surface area contributed by atoms with Crippen LogP contribution in [-0.4, -0.2) is 23.5 Å².